The van der Waals surface area contributed by atoms with Crippen LogP contribution in [0.5, 0.6) is 0 Å². The third-order valence-corrected chi connectivity index (χ3v) is 4.18. The molecule has 18 heavy (non-hydrogen) atoms. The van der Waals surface area contributed by atoms with Gasteiger partial charge in [0.25, 0.3) is 0 Å². The van der Waals surface area contributed by atoms with Crippen molar-refractivity contribution in [3.8, 4) is 0 Å². The molecule has 0 aliphatic heterocycles. The zero-order chi connectivity index (χ0) is 12.7. The Kier molecular flexibility index (Phi) is 3.20. The van der Waals surface area contributed by atoms with E-state index in [2.05, 4.69) is 28.1 Å². The maximum atomic E-state index is 11.9. The molecule has 1 saturated carbocycles. The summed E-state index contributed by atoms with van der Waals surface area (Å²) in [4.78, 5) is 11.9. The van der Waals surface area contributed by atoms with Gasteiger partial charge in [-0.15, -0.1) is 0 Å². The van der Waals surface area contributed by atoms with E-state index in [0.29, 0.717) is 11.2 Å². The minimum absolute atomic E-state index is 0.0924. The first-order valence-corrected chi connectivity index (χ1v) is 7.53. The molecule has 1 aliphatic carbocycles. The number of rotatable bonds is 4. The molecule has 90 valence electrons. The van der Waals surface area contributed by atoms with Crippen LogP contribution in [0, 0.1) is 0 Å². The van der Waals surface area contributed by atoms with Crippen LogP contribution in [-0.2, 0) is 0 Å². The van der Waals surface area contributed by atoms with Crippen LogP contribution < -0.4 is 0 Å². The Morgan fingerprint density at radius 3 is 2.89 bits per heavy atom. The predicted octanol–water partition coefficient (Wildman–Crippen LogP) is 3.68. The van der Waals surface area contributed by atoms with Gasteiger partial charge < -0.3 is 0 Å². The van der Waals surface area contributed by atoms with E-state index in [1.165, 1.54) is 18.4 Å². The number of benzene rings is 1. The SMILES string of the molecule is O=C(CBr)c1cn(B=S)c2cc(C3CC3)ccc12. The van der Waals surface area contributed by atoms with E-state index < -0.39 is 0 Å². The molecule has 2 aromatic rings. The van der Waals surface area contributed by atoms with Gasteiger partial charge in [-0.25, -0.2) is 0 Å². The van der Waals surface area contributed by atoms with E-state index in [1.54, 1.807) is 6.29 Å². The summed E-state index contributed by atoms with van der Waals surface area (Å²) in [7, 11) is 0. The average molecular weight is 320 g/mol. The number of alkyl halides is 1. The number of ketones is 1. The number of nitrogens with zero attached hydrogens (tertiary/aromatic N) is 1. The number of hydrogen-bond donors (Lipinski definition) is 0. The van der Waals surface area contributed by atoms with Crippen molar-refractivity contribution in [1.82, 2.24) is 4.48 Å². The van der Waals surface area contributed by atoms with Gasteiger partial charge in [-0.05, 0) is 0 Å². The van der Waals surface area contributed by atoms with Gasteiger partial charge in [0.2, 0.25) is 0 Å². The molecular weight excluding hydrogens is 309 g/mol. The average Bonchev–Trinajstić information content (AvgIpc) is 3.19. The van der Waals surface area contributed by atoms with Crippen LogP contribution in [0.4, 0.5) is 0 Å². The fourth-order valence-electron chi connectivity index (χ4n) is 2.32. The molecule has 0 radical (unpaired) electrons. The van der Waals surface area contributed by atoms with Gasteiger partial charge in [0.1, 0.15) is 0 Å². The van der Waals surface area contributed by atoms with Gasteiger partial charge in [0, 0.05) is 0 Å². The molecule has 0 N–H and O–H groups in total. The third-order valence-electron chi connectivity index (χ3n) is 3.44. The molecule has 0 spiro atoms. The van der Waals surface area contributed by atoms with Gasteiger partial charge in [0.15, 0.2) is 0 Å². The number of fused-ring (bicyclic) bond motifs is 1. The molecule has 5 heteroatoms. The first-order chi connectivity index (χ1) is 8.74. The number of aromatic nitrogens is 1. The standard InChI is InChI=1S/C13H11BBrNOS/c15-6-13(17)11-7-16(14-18)12-5-9(8-1-2-8)3-4-10(11)12/h3-5,7-8H,1-2,6H2. The van der Waals surface area contributed by atoms with Crippen molar-refractivity contribution in [2.75, 3.05) is 5.33 Å². The van der Waals surface area contributed by atoms with Crippen molar-refractivity contribution in [2.45, 2.75) is 18.8 Å². The van der Waals surface area contributed by atoms with Crippen LogP contribution in [0.25, 0.3) is 10.9 Å². The molecule has 0 unspecified atom stereocenters. The monoisotopic (exact) mass is 319 g/mol. The molecule has 1 aromatic carbocycles. The van der Waals surface area contributed by atoms with Gasteiger partial charge >= 0.3 is 120 Å². The number of Topliss-reactive ketones (excluding diaryl/α,β-unsaturated/α-hetero) is 1. The summed E-state index contributed by atoms with van der Waals surface area (Å²) in [6, 6.07) is 6.35. The molecule has 1 aromatic heterocycles. The Morgan fingerprint density at radius 2 is 2.28 bits per heavy atom. The van der Waals surface area contributed by atoms with Gasteiger partial charge in [-0.1, -0.05) is 0 Å². The van der Waals surface area contributed by atoms with E-state index >= 15 is 0 Å². The van der Waals surface area contributed by atoms with Crippen LogP contribution >= 0.6 is 28.0 Å². The number of carbonyl (C=O) groups excluding carboxylic acids is 1. The van der Waals surface area contributed by atoms with Crippen molar-refractivity contribution in [3.63, 3.8) is 0 Å². The van der Waals surface area contributed by atoms with Gasteiger partial charge in [-0.2, -0.15) is 0 Å². The summed E-state index contributed by atoms with van der Waals surface area (Å²) in [6.07, 6.45) is 5.97. The van der Waals surface area contributed by atoms with Crippen molar-refractivity contribution in [2.24, 2.45) is 0 Å². The summed E-state index contributed by atoms with van der Waals surface area (Å²) in [5.41, 5.74) is 3.14. The van der Waals surface area contributed by atoms with E-state index in [9.17, 15) is 4.79 Å². The fourth-order valence-corrected chi connectivity index (χ4v) is 2.80. The summed E-state index contributed by atoms with van der Waals surface area (Å²) in [6.45, 7) is 0. The molecule has 0 atom stereocenters. The molecule has 3 rings (SSSR count). The summed E-state index contributed by atoms with van der Waals surface area (Å²) in [5.74, 6) is 0.799. The van der Waals surface area contributed by atoms with Crippen LogP contribution in [-0.4, -0.2) is 21.9 Å². The molecule has 0 amide bonds. The van der Waals surface area contributed by atoms with Crippen LogP contribution in [0.2, 0.25) is 0 Å². The molecule has 0 saturated heterocycles. The summed E-state index contributed by atoms with van der Waals surface area (Å²) >= 11 is 8.24. The third kappa shape index (κ3) is 1.99. The Hall–Kier alpha value is -0.805. The Labute approximate surface area is 120 Å². The topological polar surface area (TPSA) is 22.0 Å². The molecule has 1 fully saturated rings. The number of carbonyl (C=O) groups is 1. The zero-order valence-corrected chi connectivity index (χ0v) is 12.1. The fraction of sp³-hybridized carbons (Fsp3) is 0.308. The number of halogens is 1. The summed E-state index contributed by atoms with van der Waals surface area (Å²) < 4.78 is 1.87. The van der Waals surface area contributed by atoms with Crippen molar-refractivity contribution >= 4 is 51.0 Å². The van der Waals surface area contributed by atoms with Crippen molar-refractivity contribution in [3.05, 3.63) is 35.5 Å². The second-order valence-corrected chi connectivity index (χ2v) is 5.43. The second kappa shape index (κ2) is 4.70. The van der Waals surface area contributed by atoms with E-state index in [-0.39, 0.29) is 5.78 Å². The minimum atomic E-state index is 0.0924. The molecule has 2 nitrogen and oxygen atoms in total. The molecule has 1 heterocycles. The van der Waals surface area contributed by atoms with Gasteiger partial charge in [-0.3, -0.25) is 0 Å². The van der Waals surface area contributed by atoms with Crippen LogP contribution in [0.15, 0.2) is 24.4 Å². The van der Waals surface area contributed by atoms with E-state index in [1.807, 2.05) is 16.7 Å². The first kappa shape index (κ1) is 12.2. The molecule has 0 bridgehead atoms. The second-order valence-electron chi connectivity index (χ2n) is 4.66. The van der Waals surface area contributed by atoms with E-state index in [0.717, 1.165) is 16.5 Å². The van der Waals surface area contributed by atoms with Crippen molar-refractivity contribution < 1.29 is 4.79 Å². The molecule has 1 aliphatic rings. The normalized spacial score (nSPS) is 14.7. The Balaban J connectivity index is 2.21. The van der Waals surface area contributed by atoms with E-state index in [4.69, 9.17) is 12.1 Å². The Morgan fingerprint density at radius 1 is 1.50 bits per heavy atom. The predicted molar refractivity (Wildman–Crippen MR) is 80.8 cm³/mol. The van der Waals surface area contributed by atoms with Crippen LogP contribution in [0.3, 0.4) is 0 Å². The first-order valence-electron chi connectivity index (χ1n) is 5.93. The molecular formula is C13H11BBrNOS. The summed E-state index contributed by atoms with van der Waals surface area (Å²) in [5, 5.41) is 1.33. The quantitative estimate of drug-likeness (QED) is 0.487. The Bertz CT molecular complexity index is 648. The van der Waals surface area contributed by atoms with Crippen LogP contribution in [0.1, 0.15) is 34.7 Å². The van der Waals surface area contributed by atoms with Crippen molar-refractivity contribution in [1.29, 1.82) is 0 Å². The van der Waals surface area contributed by atoms with Gasteiger partial charge in [0.05, 0.1) is 0 Å². The maximum absolute atomic E-state index is 11.9. The number of hydrogen-bond acceptors (Lipinski definition) is 2. The zero-order valence-electron chi connectivity index (χ0n) is 9.73.